The van der Waals surface area contributed by atoms with E-state index < -0.39 is 0 Å². The van der Waals surface area contributed by atoms with E-state index in [0.29, 0.717) is 12.5 Å². The van der Waals surface area contributed by atoms with Gasteiger partial charge in [-0.1, -0.05) is 37.1 Å². The summed E-state index contributed by atoms with van der Waals surface area (Å²) in [6.45, 7) is 5.06. The smallest absolute Gasteiger partial charge is 0.225 e. The highest BCUT2D eigenvalue weighted by Crippen LogP contribution is 2.27. The number of para-hydroxylation sites is 1. The molecular weight excluding hydrogens is 362 g/mol. The van der Waals surface area contributed by atoms with Crippen LogP contribution in [0.5, 0.6) is 0 Å². The third kappa shape index (κ3) is 4.69. The highest BCUT2D eigenvalue weighted by molar-refractivity contribution is 5.83. The van der Waals surface area contributed by atoms with Gasteiger partial charge in [0.1, 0.15) is 0 Å². The summed E-state index contributed by atoms with van der Waals surface area (Å²) < 4.78 is 0. The van der Waals surface area contributed by atoms with E-state index in [1.54, 1.807) is 0 Å². The number of nitrogens with zero attached hydrogens (tertiary/aromatic N) is 3. The van der Waals surface area contributed by atoms with Crippen LogP contribution in [0.15, 0.2) is 41.5 Å². The highest BCUT2D eigenvalue weighted by Gasteiger charge is 2.32. The second-order valence-corrected chi connectivity index (χ2v) is 8.08. The average Bonchev–Trinajstić information content (AvgIpc) is 3.44. The lowest BCUT2D eigenvalue weighted by Gasteiger charge is -2.21. The van der Waals surface area contributed by atoms with Gasteiger partial charge < -0.3 is 15.5 Å². The Hall–Kier alpha value is -2.63. The van der Waals surface area contributed by atoms with Gasteiger partial charge >= 0.3 is 0 Å². The van der Waals surface area contributed by atoms with E-state index in [0.717, 1.165) is 61.3 Å². The molecule has 1 aliphatic heterocycles. The summed E-state index contributed by atoms with van der Waals surface area (Å²) >= 11 is 0. The number of benzene rings is 1. The molecule has 1 saturated carbocycles. The third-order valence-electron chi connectivity index (χ3n) is 6.01. The first-order chi connectivity index (χ1) is 14.2. The normalized spacial score (nSPS) is 20.4. The van der Waals surface area contributed by atoms with Gasteiger partial charge in [-0.05, 0) is 37.8 Å². The van der Waals surface area contributed by atoms with Crippen LogP contribution in [-0.4, -0.2) is 47.4 Å². The molecule has 2 N–H and O–H groups in total. The van der Waals surface area contributed by atoms with Crippen molar-refractivity contribution in [2.24, 2.45) is 10.9 Å². The van der Waals surface area contributed by atoms with E-state index in [9.17, 15) is 4.79 Å². The third-order valence-corrected chi connectivity index (χ3v) is 6.01. The summed E-state index contributed by atoms with van der Waals surface area (Å²) in [5.74, 6) is 1.42. The van der Waals surface area contributed by atoms with E-state index >= 15 is 0 Å². The second kappa shape index (κ2) is 9.25. The van der Waals surface area contributed by atoms with Gasteiger partial charge in [-0.2, -0.15) is 0 Å². The van der Waals surface area contributed by atoms with Crippen LogP contribution in [0.4, 0.5) is 0 Å². The molecule has 4 rings (SSSR count). The van der Waals surface area contributed by atoms with Crippen LogP contribution in [-0.2, 0) is 11.3 Å². The van der Waals surface area contributed by atoms with Gasteiger partial charge in [0.25, 0.3) is 0 Å². The molecule has 1 aromatic heterocycles. The summed E-state index contributed by atoms with van der Waals surface area (Å²) in [4.78, 5) is 24.0. The summed E-state index contributed by atoms with van der Waals surface area (Å²) in [6, 6.07) is 10.5. The lowest BCUT2D eigenvalue weighted by atomic mass is 10.1. The van der Waals surface area contributed by atoms with Gasteiger partial charge in [-0.3, -0.25) is 9.78 Å². The minimum absolute atomic E-state index is 0.254. The topological polar surface area (TPSA) is 69.6 Å². The van der Waals surface area contributed by atoms with Crippen molar-refractivity contribution in [1.82, 2.24) is 20.5 Å². The van der Waals surface area contributed by atoms with Crippen LogP contribution in [0.1, 0.15) is 44.6 Å². The van der Waals surface area contributed by atoms with Crippen molar-refractivity contribution in [1.29, 1.82) is 0 Å². The number of likely N-dealkylation sites (tertiary alicyclic amines) is 1. The number of nitrogens with one attached hydrogen (secondary N) is 2. The molecule has 1 aliphatic carbocycles. The Balaban J connectivity index is 1.39. The largest absolute Gasteiger partial charge is 0.357 e. The maximum absolute atomic E-state index is 12.7. The molecule has 2 fully saturated rings. The van der Waals surface area contributed by atoms with Crippen molar-refractivity contribution in [2.75, 3.05) is 19.6 Å². The predicted molar refractivity (Wildman–Crippen MR) is 117 cm³/mol. The molecule has 154 valence electrons. The van der Waals surface area contributed by atoms with Crippen molar-refractivity contribution in [2.45, 2.75) is 51.6 Å². The van der Waals surface area contributed by atoms with Gasteiger partial charge in [-0.15, -0.1) is 0 Å². The molecule has 0 bridgehead atoms. The Morgan fingerprint density at radius 1 is 1.21 bits per heavy atom. The second-order valence-electron chi connectivity index (χ2n) is 8.08. The predicted octanol–water partition coefficient (Wildman–Crippen LogP) is 3.08. The number of aromatic nitrogens is 1. The van der Waals surface area contributed by atoms with Crippen LogP contribution < -0.4 is 10.6 Å². The van der Waals surface area contributed by atoms with Crippen molar-refractivity contribution in [3.8, 4) is 0 Å². The monoisotopic (exact) mass is 393 g/mol. The molecule has 29 heavy (non-hydrogen) atoms. The Bertz CT molecular complexity index is 869. The van der Waals surface area contributed by atoms with Gasteiger partial charge in [0.15, 0.2) is 5.96 Å². The number of amides is 1. The van der Waals surface area contributed by atoms with E-state index in [2.05, 4.69) is 46.8 Å². The fourth-order valence-corrected chi connectivity index (χ4v) is 4.48. The van der Waals surface area contributed by atoms with E-state index in [-0.39, 0.29) is 12.0 Å². The number of rotatable bonds is 5. The number of guanidine groups is 1. The minimum Gasteiger partial charge on any atom is -0.357 e. The lowest BCUT2D eigenvalue weighted by Crippen LogP contribution is -2.45. The molecule has 1 saturated heterocycles. The minimum atomic E-state index is 0.254. The van der Waals surface area contributed by atoms with Crippen LogP contribution in [0.25, 0.3) is 10.9 Å². The molecule has 1 unspecified atom stereocenters. The van der Waals surface area contributed by atoms with Gasteiger partial charge in [0, 0.05) is 43.2 Å². The zero-order chi connectivity index (χ0) is 20.1. The first-order valence-electron chi connectivity index (χ1n) is 10.9. The standard InChI is InChI=1S/C23H31N5O/c1-2-24-23(26-15-19-10-5-9-17-11-6-13-25-21(17)19)27-20-12-14-28(16-20)22(29)18-7-3-4-8-18/h5-6,9-11,13,18,20H,2-4,7-8,12,14-16H2,1H3,(H2,24,26,27). The molecule has 1 atom stereocenters. The van der Waals surface area contributed by atoms with E-state index in [4.69, 9.17) is 4.99 Å². The fourth-order valence-electron chi connectivity index (χ4n) is 4.48. The summed E-state index contributed by atoms with van der Waals surface area (Å²) in [6.07, 6.45) is 7.33. The van der Waals surface area contributed by atoms with Gasteiger partial charge in [0.05, 0.1) is 12.1 Å². The van der Waals surface area contributed by atoms with Crippen molar-refractivity contribution in [3.63, 3.8) is 0 Å². The molecule has 2 aliphatic rings. The van der Waals surface area contributed by atoms with E-state index in [1.807, 2.05) is 17.2 Å². The molecule has 0 spiro atoms. The lowest BCUT2D eigenvalue weighted by molar-refractivity contribution is -0.134. The first-order valence-corrected chi connectivity index (χ1v) is 10.9. The molecule has 0 radical (unpaired) electrons. The Morgan fingerprint density at radius 3 is 2.86 bits per heavy atom. The number of hydrogen-bond acceptors (Lipinski definition) is 3. The van der Waals surface area contributed by atoms with Crippen molar-refractivity contribution < 1.29 is 4.79 Å². The SMILES string of the molecule is CCNC(=NCc1cccc2cccnc12)NC1CCN(C(=O)C2CCCC2)C1. The Morgan fingerprint density at radius 2 is 2.03 bits per heavy atom. The Labute approximate surface area is 172 Å². The van der Waals surface area contributed by atoms with Crippen molar-refractivity contribution >= 4 is 22.8 Å². The van der Waals surface area contributed by atoms with Gasteiger partial charge in [0.2, 0.25) is 5.91 Å². The molecule has 2 heterocycles. The quantitative estimate of drug-likeness (QED) is 0.605. The molecule has 6 heteroatoms. The fraction of sp³-hybridized carbons (Fsp3) is 0.522. The number of carbonyl (C=O) groups excluding carboxylic acids is 1. The maximum Gasteiger partial charge on any atom is 0.225 e. The van der Waals surface area contributed by atoms with Crippen molar-refractivity contribution in [3.05, 3.63) is 42.1 Å². The van der Waals surface area contributed by atoms with Crippen LogP contribution in [0.3, 0.4) is 0 Å². The number of pyridine rings is 1. The first kappa shape index (κ1) is 19.7. The average molecular weight is 394 g/mol. The number of fused-ring (bicyclic) bond motifs is 1. The van der Waals surface area contributed by atoms with E-state index in [1.165, 1.54) is 12.8 Å². The molecule has 1 aromatic carbocycles. The molecular formula is C23H31N5O. The zero-order valence-corrected chi connectivity index (χ0v) is 17.2. The molecule has 1 amide bonds. The zero-order valence-electron chi connectivity index (χ0n) is 17.2. The summed E-state index contributed by atoms with van der Waals surface area (Å²) in [5, 5.41) is 8.01. The van der Waals surface area contributed by atoms with Gasteiger partial charge in [-0.25, -0.2) is 4.99 Å². The number of aliphatic imine (C=N–C) groups is 1. The number of carbonyl (C=O) groups is 1. The maximum atomic E-state index is 12.7. The summed E-state index contributed by atoms with van der Waals surface area (Å²) in [7, 11) is 0. The van der Waals surface area contributed by atoms with Crippen LogP contribution in [0.2, 0.25) is 0 Å². The molecule has 6 nitrogen and oxygen atoms in total. The Kier molecular flexibility index (Phi) is 6.27. The molecule has 2 aromatic rings. The summed E-state index contributed by atoms with van der Waals surface area (Å²) in [5.41, 5.74) is 2.12. The number of hydrogen-bond donors (Lipinski definition) is 2. The highest BCUT2D eigenvalue weighted by atomic mass is 16.2. The van der Waals surface area contributed by atoms with Crippen LogP contribution >= 0.6 is 0 Å². The van der Waals surface area contributed by atoms with Crippen LogP contribution in [0, 0.1) is 5.92 Å².